The Labute approximate surface area is 264 Å². The highest BCUT2D eigenvalue weighted by Crippen LogP contribution is 2.26. The zero-order chi connectivity index (χ0) is 32.2. The maximum atomic E-state index is 14.4. The number of benzene rings is 4. The molecular weight excluding hydrogens is 593 g/mol. The van der Waals surface area contributed by atoms with Crippen LogP contribution in [0.3, 0.4) is 0 Å². The van der Waals surface area contributed by atoms with E-state index in [0.29, 0.717) is 12.3 Å². The minimum Gasteiger partial charge on any atom is -0.497 e. The first-order valence-electron chi connectivity index (χ1n) is 14.8. The van der Waals surface area contributed by atoms with Gasteiger partial charge in [-0.05, 0) is 66.1 Å². The molecule has 0 aliphatic carbocycles. The number of amides is 2. The van der Waals surface area contributed by atoms with Gasteiger partial charge in [-0.3, -0.25) is 13.9 Å². The predicted molar refractivity (Wildman–Crippen MR) is 173 cm³/mol. The van der Waals surface area contributed by atoms with E-state index in [1.165, 1.54) is 48.4 Å². The summed E-state index contributed by atoms with van der Waals surface area (Å²) in [5.74, 6) is -1.01. The maximum absolute atomic E-state index is 14.4. The van der Waals surface area contributed by atoms with Crippen LogP contribution in [-0.4, -0.2) is 51.4 Å². The van der Waals surface area contributed by atoms with Crippen LogP contribution in [0.5, 0.6) is 5.75 Å². The maximum Gasteiger partial charge on any atom is 0.264 e. The number of nitrogens with one attached hydrogen (secondary N) is 1. The molecule has 2 amide bonds. The number of nitrogens with zero attached hydrogens (tertiary/aromatic N) is 2. The Bertz CT molecular complexity index is 1630. The highest BCUT2D eigenvalue weighted by atomic mass is 32.2. The molecule has 10 heteroatoms. The molecule has 1 atom stereocenters. The quantitative estimate of drug-likeness (QED) is 0.173. The molecule has 0 heterocycles. The van der Waals surface area contributed by atoms with E-state index < -0.39 is 34.3 Å². The van der Waals surface area contributed by atoms with E-state index >= 15 is 0 Å². The van der Waals surface area contributed by atoms with Gasteiger partial charge in [-0.15, -0.1) is 0 Å². The first-order valence-corrected chi connectivity index (χ1v) is 16.2. The number of hydrogen-bond donors (Lipinski definition) is 1. The Morgan fingerprint density at radius 1 is 0.844 bits per heavy atom. The summed E-state index contributed by atoms with van der Waals surface area (Å²) in [6, 6.07) is 28.3. The standard InChI is InChI=1S/C35H38FN3O5S/c1-3-4-23-37-35(41)33(24-27-11-7-5-8-12-27)38(25-28-13-9-6-10-14-28)34(40)26-39(30-17-15-29(36)16-18-30)45(42,43)32-21-19-31(44-2)20-22-32/h5-22,33H,3-4,23-26H2,1-2H3,(H,37,41)/t33-/m0/s1. The minimum atomic E-state index is -4.31. The lowest BCUT2D eigenvalue weighted by Gasteiger charge is -2.34. The topological polar surface area (TPSA) is 96.0 Å². The van der Waals surface area contributed by atoms with Crippen LogP contribution < -0.4 is 14.4 Å². The lowest BCUT2D eigenvalue weighted by atomic mass is 10.0. The molecule has 0 unspecified atom stereocenters. The molecule has 0 aromatic heterocycles. The van der Waals surface area contributed by atoms with E-state index in [1.54, 1.807) is 0 Å². The largest absolute Gasteiger partial charge is 0.497 e. The van der Waals surface area contributed by atoms with Crippen LogP contribution in [0.25, 0.3) is 0 Å². The van der Waals surface area contributed by atoms with E-state index in [2.05, 4.69) is 5.32 Å². The van der Waals surface area contributed by atoms with E-state index in [1.807, 2.05) is 67.6 Å². The number of hydrogen-bond acceptors (Lipinski definition) is 5. The SMILES string of the molecule is CCCCNC(=O)[C@H](Cc1ccccc1)N(Cc1ccccc1)C(=O)CN(c1ccc(F)cc1)S(=O)(=O)c1ccc(OC)cc1. The number of carbonyl (C=O) groups excluding carboxylic acids is 2. The molecule has 0 bridgehead atoms. The Morgan fingerprint density at radius 3 is 2.02 bits per heavy atom. The fraction of sp³-hybridized carbons (Fsp3) is 0.257. The average Bonchev–Trinajstić information content (AvgIpc) is 3.06. The highest BCUT2D eigenvalue weighted by molar-refractivity contribution is 7.92. The van der Waals surface area contributed by atoms with E-state index in [-0.39, 0.29) is 29.5 Å². The fourth-order valence-electron chi connectivity index (χ4n) is 4.85. The molecule has 45 heavy (non-hydrogen) atoms. The third-order valence-corrected chi connectivity index (χ3v) is 9.13. The molecule has 1 N–H and O–H groups in total. The van der Waals surface area contributed by atoms with Gasteiger partial charge in [0, 0.05) is 19.5 Å². The number of sulfonamides is 1. The highest BCUT2D eigenvalue weighted by Gasteiger charge is 2.34. The summed E-state index contributed by atoms with van der Waals surface area (Å²) in [7, 11) is -2.84. The molecule has 0 spiro atoms. The van der Waals surface area contributed by atoms with Crippen molar-refractivity contribution < 1.29 is 27.1 Å². The Balaban J connectivity index is 1.77. The van der Waals surface area contributed by atoms with Crippen LogP contribution in [0.1, 0.15) is 30.9 Å². The molecule has 4 aromatic rings. The van der Waals surface area contributed by atoms with Crippen LogP contribution in [-0.2, 0) is 32.6 Å². The lowest BCUT2D eigenvalue weighted by molar-refractivity contribution is -0.140. The van der Waals surface area contributed by atoms with Gasteiger partial charge in [-0.1, -0.05) is 74.0 Å². The molecular formula is C35H38FN3O5S. The number of rotatable bonds is 15. The summed E-state index contributed by atoms with van der Waals surface area (Å²) < 4.78 is 48.1. The first-order chi connectivity index (χ1) is 21.7. The molecule has 4 aromatic carbocycles. The van der Waals surface area contributed by atoms with Crippen molar-refractivity contribution in [3.8, 4) is 5.75 Å². The second-order valence-corrected chi connectivity index (χ2v) is 12.4. The summed E-state index contributed by atoms with van der Waals surface area (Å²) in [6.07, 6.45) is 1.88. The second-order valence-electron chi connectivity index (χ2n) is 10.5. The van der Waals surface area contributed by atoms with Gasteiger partial charge >= 0.3 is 0 Å². The molecule has 8 nitrogen and oxygen atoms in total. The number of carbonyl (C=O) groups is 2. The Kier molecular flexibility index (Phi) is 11.7. The van der Waals surface area contributed by atoms with E-state index in [9.17, 15) is 22.4 Å². The third kappa shape index (κ3) is 8.92. The molecule has 0 aliphatic heterocycles. The number of anilines is 1. The smallest absolute Gasteiger partial charge is 0.264 e. The van der Waals surface area contributed by atoms with Crippen LogP contribution in [0, 0.1) is 5.82 Å². The fourth-order valence-corrected chi connectivity index (χ4v) is 6.27. The van der Waals surface area contributed by atoms with Gasteiger partial charge in [0.05, 0.1) is 17.7 Å². The first kappa shape index (κ1) is 33.2. The summed E-state index contributed by atoms with van der Waals surface area (Å²) in [5.41, 5.74) is 1.73. The summed E-state index contributed by atoms with van der Waals surface area (Å²) in [5, 5.41) is 2.96. The summed E-state index contributed by atoms with van der Waals surface area (Å²) in [4.78, 5) is 29.5. The molecule has 4 rings (SSSR count). The summed E-state index contributed by atoms with van der Waals surface area (Å²) >= 11 is 0. The molecule has 236 valence electrons. The number of halogens is 1. The predicted octanol–water partition coefficient (Wildman–Crippen LogP) is 5.59. The molecule has 0 fully saturated rings. The van der Waals surface area contributed by atoms with Gasteiger partial charge in [-0.2, -0.15) is 0 Å². The van der Waals surface area contributed by atoms with Crippen molar-refractivity contribution in [3.05, 3.63) is 126 Å². The van der Waals surface area contributed by atoms with Gasteiger partial charge in [0.15, 0.2) is 0 Å². The monoisotopic (exact) mass is 631 g/mol. The van der Waals surface area contributed by atoms with Crippen molar-refractivity contribution in [1.82, 2.24) is 10.2 Å². The van der Waals surface area contributed by atoms with Gasteiger partial charge in [-0.25, -0.2) is 12.8 Å². The molecule has 0 saturated heterocycles. The number of unbranched alkanes of at least 4 members (excludes halogenated alkanes) is 1. The van der Waals surface area contributed by atoms with Crippen LogP contribution in [0.15, 0.2) is 114 Å². The van der Waals surface area contributed by atoms with Crippen molar-refractivity contribution in [2.24, 2.45) is 0 Å². The second kappa shape index (κ2) is 15.9. The zero-order valence-electron chi connectivity index (χ0n) is 25.4. The molecule has 0 saturated carbocycles. The summed E-state index contributed by atoms with van der Waals surface area (Å²) in [6.45, 7) is 1.91. The zero-order valence-corrected chi connectivity index (χ0v) is 26.3. The van der Waals surface area contributed by atoms with Crippen LogP contribution >= 0.6 is 0 Å². The number of methoxy groups -OCH3 is 1. The van der Waals surface area contributed by atoms with E-state index in [0.717, 1.165) is 40.4 Å². The minimum absolute atomic E-state index is 0.0677. The van der Waals surface area contributed by atoms with Crippen LogP contribution in [0.4, 0.5) is 10.1 Å². The molecule has 0 radical (unpaired) electrons. The van der Waals surface area contributed by atoms with E-state index in [4.69, 9.17) is 4.74 Å². The van der Waals surface area contributed by atoms with Gasteiger partial charge in [0.1, 0.15) is 24.2 Å². The van der Waals surface area contributed by atoms with Crippen molar-refractivity contribution in [2.75, 3.05) is 24.5 Å². The normalized spacial score (nSPS) is 11.8. The van der Waals surface area contributed by atoms with Crippen molar-refractivity contribution in [2.45, 2.75) is 43.7 Å². The van der Waals surface area contributed by atoms with Gasteiger partial charge in [0.25, 0.3) is 10.0 Å². The average molecular weight is 632 g/mol. The van der Waals surface area contributed by atoms with Crippen molar-refractivity contribution in [3.63, 3.8) is 0 Å². The molecule has 0 aliphatic rings. The Morgan fingerprint density at radius 2 is 1.44 bits per heavy atom. The third-order valence-electron chi connectivity index (χ3n) is 7.34. The Hall–Kier alpha value is -4.70. The van der Waals surface area contributed by atoms with Gasteiger partial charge < -0.3 is 15.0 Å². The lowest BCUT2D eigenvalue weighted by Crippen LogP contribution is -2.53. The van der Waals surface area contributed by atoms with Crippen LogP contribution in [0.2, 0.25) is 0 Å². The van der Waals surface area contributed by atoms with Gasteiger partial charge in [0.2, 0.25) is 11.8 Å². The van der Waals surface area contributed by atoms with Crippen molar-refractivity contribution >= 4 is 27.5 Å². The number of ether oxygens (including phenoxy) is 1. The van der Waals surface area contributed by atoms with Crippen molar-refractivity contribution in [1.29, 1.82) is 0 Å².